The van der Waals surface area contributed by atoms with Gasteiger partial charge in [-0.05, 0) is 29.9 Å². The Morgan fingerprint density at radius 3 is 2.64 bits per heavy atom. The molecule has 0 aliphatic carbocycles. The van der Waals surface area contributed by atoms with E-state index < -0.39 is 18.1 Å². The quantitative estimate of drug-likeness (QED) is 0.866. The van der Waals surface area contributed by atoms with E-state index in [4.69, 9.17) is 10.5 Å². The molecule has 0 radical (unpaired) electrons. The summed E-state index contributed by atoms with van der Waals surface area (Å²) in [6, 6.07) is 5.67. The molecule has 0 spiro atoms. The fourth-order valence-electron chi connectivity index (χ4n) is 3.33. The van der Waals surface area contributed by atoms with E-state index in [0.29, 0.717) is 25.3 Å². The molecule has 1 fully saturated rings. The van der Waals surface area contributed by atoms with Crippen molar-refractivity contribution in [3.8, 4) is 0 Å². The zero-order chi connectivity index (χ0) is 15.7. The standard InChI is InChI=1S/C16H20N2O4/c17-13(10-5-7-22-8-6-10)15(19)18-9-11-3-1-2-4-12(11)14(18)16(20)21/h1-4,10,13-14H,5-9,17H2,(H,20,21)/t13-,14?/m0/s1. The fraction of sp³-hybridized carbons (Fsp3) is 0.500. The molecule has 22 heavy (non-hydrogen) atoms. The average Bonchev–Trinajstić information content (AvgIpc) is 2.94. The summed E-state index contributed by atoms with van der Waals surface area (Å²) in [5.41, 5.74) is 7.69. The lowest BCUT2D eigenvalue weighted by Crippen LogP contribution is -2.49. The van der Waals surface area contributed by atoms with E-state index in [9.17, 15) is 14.7 Å². The molecule has 2 aliphatic rings. The number of carboxylic acids is 1. The normalized spacial score (nSPS) is 23.1. The molecule has 1 aromatic carbocycles. The van der Waals surface area contributed by atoms with Gasteiger partial charge in [-0.25, -0.2) is 4.79 Å². The molecule has 1 saturated heterocycles. The minimum absolute atomic E-state index is 0.0550. The largest absolute Gasteiger partial charge is 0.479 e. The van der Waals surface area contributed by atoms with Gasteiger partial charge in [-0.3, -0.25) is 4.79 Å². The lowest BCUT2D eigenvalue weighted by atomic mass is 9.91. The van der Waals surface area contributed by atoms with Crippen molar-refractivity contribution in [2.24, 2.45) is 11.7 Å². The number of ether oxygens (including phenoxy) is 1. The molecule has 3 rings (SSSR count). The van der Waals surface area contributed by atoms with Crippen molar-refractivity contribution in [1.29, 1.82) is 0 Å². The Morgan fingerprint density at radius 1 is 1.27 bits per heavy atom. The third-order valence-corrected chi connectivity index (χ3v) is 4.58. The van der Waals surface area contributed by atoms with Crippen LogP contribution in [0.25, 0.3) is 0 Å². The second-order valence-corrected chi connectivity index (χ2v) is 5.88. The zero-order valence-electron chi connectivity index (χ0n) is 12.3. The van der Waals surface area contributed by atoms with Gasteiger partial charge in [0.05, 0.1) is 6.04 Å². The number of carbonyl (C=O) groups excluding carboxylic acids is 1. The molecule has 3 N–H and O–H groups in total. The van der Waals surface area contributed by atoms with Gasteiger partial charge in [-0.1, -0.05) is 24.3 Å². The van der Waals surface area contributed by atoms with Crippen LogP contribution in [0.15, 0.2) is 24.3 Å². The molecule has 2 atom stereocenters. The van der Waals surface area contributed by atoms with Crippen molar-refractivity contribution >= 4 is 11.9 Å². The van der Waals surface area contributed by atoms with E-state index in [2.05, 4.69) is 0 Å². The summed E-state index contributed by atoms with van der Waals surface area (Å²) >= 11 is 0. The Hall–Kier alpha value is -1.92. The number of amides is 1. The van der Waals surface area contributed by atoms with E-state index in [1.165, 1.54) is 4.90 Å². The van der Waals surface area contributed by atoms with E-state index in [0.717, 1.165) is 18.4 Å². The SMILES string of the molecule is N[C@H](C(=O)N1Cc2ccccc2C1C(=O)O)C1CCOCC1. The van der Waals surface area contributed by atoms with Crippen LogP contribution in [0.2, 0.25) is 0 Å². The first kappa shape index (κ1) is 15.0. The van der Waals surface area contributed by atoms with Crippen molar-refractivity contribution in [2.45, 2.75) is 31.5 Å². The van der Waals surface area contributed by atoms with Crippen LogP contribution in [-0.2, 0) is 20.9 Å². The Kier molecular flexibility index (Phi) is 4.13. The first-order chi connectivity index (χ1) is 10.6. The van der Waals surface area contributed by atoms with E-state index in [1.54, 1.807) is 12.1 Å². The number of nitrogens with zero attached hydrogens (tertiary/aromatic N) is 1. The van der Waals surface area contributed by atoms with Crippen molar-refractivity contribution in [2.75, 3.05) is 13.2 Å². The smallest absolute Gasteiger partial charge is 0.331 e. The van der Waals surface area contributed by atoms with Crippen molar-refractivity contribution < 1.29 is 19.4 Å². The number of rotatable bonds is 3. The third-order valence-electron chi connectivity index (χ3n) is 4.58. The van der Waals surface area contributed by atoms with Crippen LogP contribution in [0, 0.1) is 5.92 Å². The topological polar surface area (TPSA) is 92.9 Å². The number of carboxylic acid groups (broad SMARTS) is 1. The lowest BCUT2D eigenvalue weighted by molar-refractivity contribution is -0.151. The van der Waals surface area contributed by atoms with Crippen LogP contribution in [0.1, 0.15) is 30.0 Å². The summed E-state index contributed by atoms with van der Waals surface area (Å²) in [4.78, 5) is 25.7. The summed E-state index contributed by atoms with van der Waals surface area (Å²) in [5.74, 6) is -1.24. The van der Waals surface area contributed by atoms with Gasteiger partial charge in [0, 0.05) is 19.8 Å². The molecule has 2 aliphatic heterocycles. The second kappa shape index (κ2) is 6.06. The first-order valence-electron chi connectivity index (χ1n) is 7.54. The number of fused-ring (bicyclic) bond motifs is 1. The van der Waals surface area contributed by atoms with E-state index in [-0.39, 0.29) is 11.8 Å². The van der Waals surface area contributed by atoms with E-state index >= 15 is 0 Å². The molecule has 1 aromatic rings. The van der Waals surface area contributed by atoms with Gasteiger partial charge in [-0.15, -0.1) is 0 Å². The van der Waals surface area contributed by atoms with Crippen LogP contribution >= 0.6 is 0 Å². The maximum absolute atomic E-state index is 12.7. The molecule has 1 amide bonds. The molecule has 118 valence electrons. The third kappa shape index (κ3) is 2.60. The van der Waals surface area contributed by atoms with Gasteiger partial charge in [0.1, 0.15) is 0 Å². The number of benzene rings is 1. The molecule has 2 heterocycles. The molecule has 1 unspecified atom stereocenters. The summed E-state index contributed by atoms with van der Waals surface area (Å²) in [6.45, 7) is 1.52. The minimum atomic E-state index is -1.02. The highest BCUT2D eigenvalue weighted by Crippen LogP contribution is 2.35. The van der Waals surface area contributed by atoms with Gasteiger partial charge >= 0.3 is 5.97 Å². The summed E-state index contributed by atoms with van der Waals surface area (Å²) in [5, 5.41) is 9.52. The highest BCUT2D eigenvalue weighted by molar-refractivity contribution is 5.89. The Labute approximate surface area is 128 Å². The van der Waals surface area contributed by atoms with E-state index in [1.807, 2.05) is 12.1 Å². The zero-order valence-corrected chi connectivity index (χ0v) is 12.3. The Balaban J connectivity index is 1.81. The number of hydrogen-bond donors (Lipinski definition) is 2. The Bertz CT molecular complexity index is 583. The summed E-state index contributed by atoms with van der Waals surface area (Å²) < 4.78 is 5.29. The molecule has 0 saturated carbocycles. The van der Waals surface area contributed by atoms with Gasteiger partial charge < -0.3 is 20.5 Å². The predicted molar refractivity (Wildman–Crippen MR) is 78.9 cm³/mol. The molecule has 6 nitrogen and oxygen atoms in total. The highest BCUT2D eigenvalue weighted by Gasteiger charge is 2.41. The highest BCUT2D eigenvalue weighted by atomic mass is 16.5. The number of aliphatic carboxylic acids is 1. The fourth-order valence-corrected chi connectivity index (χ4v) is 3.33. The average molecular weight is 304 g/mol. The van der Waals surface area contributed by atoms with Crippen LogP contribution in [0.4, 0.5) is 0 Å². The molecular formula is C16H20N2O4. The van der Waals surface area contributed by atoms with Crippen LogP contribution in [0.5, 0.6) is 0 Å². The maximum atomic E-state index is 12.7. The second-order valence-electron chi connectivity index (χ2n) is 5.88. The molecular weight excluding hydrogens is 284 g/mol. The number of nitrogens with two attached hydrogens (primary N) is 1. The molecule has 6 heteroatoms. The van der Waals surface area contributed by atoms with Gasteiger partial charge in [0.25, 0.3) is 0 Å². The van der Waals surface area contributed by atoms with Crippen LogP contribution in [-0.4, -0.2) is 41.1 Å². The summed E-state index contributed by atoms with van der Waals surface area (Å²) in [7, 11) is 0. The number of carbonyl (C=O) groups is 2. The van der Waals surface area contributed by atoms with Gasteiger partial charge in [-0.2, -0.15) is 0 Å². The molecule has 0 aromatic heterocycles. The van der Waals surface area contributed by atoms with Crippen molar-refractivity contribution in [3.05, 3.63) is 35.4 Å². The lowest BCUT2D eigenvalue weighted by Gasteiger charge is -2.31. The number of hydrogen-bond acceptors (Lipinski definition) is 4. The van der Waals surface area contributed by atoms with Crippen LogP contribution in [0.3, 0.4) is 0 Å². The van der Waals surface area contributed by atoms with Crippen molar-refractivity contribution in [3.63, 3.8) is 0 Å². The summed E-state index contributed by atoms with van der Waals surface area (Å²) in [6.07, 6.45) is 1.48. The first-order valence-corrected chi connectivity index (χ1v) is 7.54. The van der Waals surface area contributed by atoms with Crippen molar-refractivity contribution in [1.82, 2.24) is 4.90 Å². The van der Waals surface area contributed by atoms with Gasteiger partial charge in [0.15, 0.2) is 6.04 Å². The maximum Gasteiger partial charge on any atom is 0.331 e. The minimum Gasteiger partial charge on any atom is -0.479 e. The Morgan fingerprint density at radius 2 is 1.95 bits per heavy atom. The molecule has 0 bridgehead atoms. The van der Waals surface area contributed by atoms with Gasteiger partial charge in [0.2, 0.25) is 5.91 Å². The predicted octanol–water partition coefficient (Wildman–Crippen LogP) is 0.908. The monoisotopic (exact) mass is 304 g/mol. The van der Waals surface area contributed by atoms with Crippen LogP contribution < -0.4 is 5.73 Å².